The smallest absolute Gasteiger partial charge is 0.253 e. The SMILES string of the molecule is CCC1c2ccsc2CCN1S(=O)(=O)c1cc(N)cs1. The molecule has 0 bridgehead atoms. The number of anilines is 1. The summed E-state index contributed by atoms with van der Waals surface area (Å²) in [6.45, 7) is 2.58. The maximum absolute atomic E-state index is 12.8. The molecule has 1 aliphatic heterocycles. The number of nitrogens with zero attached hydrogens (tertiary/aromatic N) is 1. The van der Waals surface area contributed by atoms with Crippen LogP contribution in [0.4, 0.5) is 5.69 Å². The molecule has 2 aromatic rings. The van der Waals surface area contributed by atoms with Crippen molar-refractivity contribution < 1.29 is 8.42 Å². The van der Waals surface area contributed by atoms with Crippen LogP contribution in [0.3, 0.4) is 0 Å². The number of nitrogen functional groups attached to an aromatic ring is 1. The van der Waals surface area contributed by atoms with Crippen LogP contribution in [0.15, 0.2) is 27.1 Å². The molecule has 0 saturated heterocycles. The van der Waals surface area contributed by atoms with E-state index in [1.54, 1.807) is 27.1 Å². The van der Waals surface area contributed by atoms with Crippen LogP contribution < -0.4 is 5.73 Å². The Labute approximate surface area is 126 Å². The van der Waals surface area contributed by atoms with Crippen LogP contribution in [0.25, 0.3) is 0 Å². The Kier molecular flexibility index (Phi) is 3.62. The lowest BCUT2D eigenvalue weighted by molar-refractivity contribution is 0.304. The van der Waals surface area contributed by atoms with Gasteiger partial charge in [-0.05, 0) is 35.9 Å². The third kappa shape index (κ3) is 2.18. The minimum atomic E-state index is -3.45. The van der Waals surface area contributed by atoms with Crippen molar-refractivity contribution in [2.45, 2.75) is 30.0 Å². The van der Waals surface area contributed by atoms with E-state index in [2.05, 4.69) is 6.07 Å². The fourth-order valence-corrected chi connectivity index (χ4v) is 6.48. The van der Waals surface area contributed by atoms with Gasteiger partial charge in [0.15, 0.2) is 0 Å². The summed E-state index contributed by atoms with van der Waals surface area (Å²) in [5, 5.41) is 3.72. The summed E-state index contributed by atoms with van der Waals surface area (Å²) in [6, 6.07) is 3.55. The van der Waals surface area contributed by atoms with E-state index in [-0.39, 0.29) is 6.04 Å². The van der Waals surface area contributed by atoms with Gasteiger partial charge in [0.1, 0.15) is 4.21 Å². The van der Waals surface area contributed by atoms with Crippen LogP contribution in [0.1, 0.15) is 29.8 Å². The topological polar surface area (TPSA) is 63.4 Å². The Balaban J connectivity index is 2.02. The molecule has 3 heterocycles. The normalized spacial score (nSPS) is 19.9. The highest BCUT2D eigenvalue weighted by Crippen LogP contribution is 2.39. The van der Waals surface area contributed by atoms with Crippen molar-refractivity contribution >= 4 is 38.4 Å². The minimum absolute atomic E-state index is 0.0571. The summed E-state index contributed by atoms with van der Waals surface area (Å²) in [6.07, 6.45) is 1.58. The highest BCUT2D eigenvalue weighted by Gasteiger charge is 2.36. The summed E-state index contributed by atoms with van der Waals surface area (Å²) in [5.41, 5.74) is 7.33. The van der Waals surface area contributed by atoms with Gasteiger partial charge in [0.05, 0.1) is 6.04 Å². The second kappa shape index (κ2) is 5.14. The van der Waals surface area contributed by atoms with Gasteiger partial charge in [-0.3, -0.25) is 0 Å². The standard InChI is InChI=1S/C13H16N2O2S3/c1-2-11-10-4-6-18-12(10)3-5-15(11)20(16,17)13-7-9(14)8-19-13/h4,6-8,11H,2-3,5,14H2,1H3. The molecule has 2 N–H and O–H groups in total. The van der Waals surface area contributed by atoms with Crippen LogP contribution in [0.5, 0.6) is 0 Å². The van der Waals surface area contributed by atoms with Gasteiger partial charge in [-0.2, -0.15) is 4.31 Å². The zero-order chi connectivity index (χ0) is 14.3. The summed E-state index contributed by atoms with van der Waals surface area (Å²) in [5.74, 6) is 0. The molecule has 1 atom stereocenters. The molecule has 7 heteroatoms. The average molecular weight is 328 g/mol. The van der Waals surface area contributed by atoms with E-state index in [1.165, 1.54) is 16.2 Å². The number of hydrogen-bond donors (Lipinski definition) is 1. The van der Waals surface area contributed by atoms with Crippen LogP contribution >= 0.6 is 22.7 Å². The lowest BCUT2D eigenvalue weighted by Crippen LogP contribution is -2.38. The molecule has 1 aliphatic rings. The molecule has 1 unspecified atom stereocenters. The molecule has 108 valence electrons. The van der Waals surface area contributed by atoms with Gasteiger partial charge >= 0.3 is 0 Å². The number of rotatable bonds is 3. The second-order valence-electron chi connectivity index (χ2n) is 4.79. The highest BCUT2D eigenvalue weighted by molar-refractivity contribution is 7.91. The molecule has 3 rings (SSSR count). The van der Waals surface area contributed by atoms with Crippen molar-refractivity contribution in [3.63, 3.8) is 0 Å². The van der Waals surface area contributed by atoms with E-state index in [9.17, 15) is 8.42 Å². The summed E-state index contributed by atoms with van der Waals surface area (Å²) >= 11 is 2.91. The fraction of sp³-hybridized carbons (Fsp3) is 0.385. The lowest BCUT2D eigenvalue weighted by atomic mass is 10.0. The van der Waals surface area contributed by atoms with E-state index < -0.39 is 10.0 Å². The third-order valence-corrected chi connectivity index (χ3v) is 7.93. The van der Waals surface area contributed by atoms with E-state index in [0.29, 0.717) is 16.4 Å². The number of sulfonamides is 1. The van der Waals surface area contributed by atoms with Gasteiger partial charge in [0.25, 0.3) is 10.0 Å². The predicted octanol–water partition coefficient (Wildman–Crippen LogP) is 3.09. The lowest BCUT2D eigenvalue weighted by Gasteiger charge is -2.33. The Morgan fingerprint density at radius 2 is 2.25 bits per heavy atom. The molecular weight excluding hydrogens is 312 g/mol. The summed E-state index contributed by atoms with van der Waals surface area (Å²) < 4.78 is 27.5. The first-order valence-corrected chi connectivity index (χ1v) is 9.66. The molecule has 0 radical (unpaired) electrons. The molecule has 0 aliphatic carbocycles. The molecule has 0 amide bonds. The highest BCUT2D eigenvalue weighted by atomic mass is 32.2. The first kappa shape index (κ1) is 14.1. The van der Waals surface area contributed by atoms with Gasteiger partial charge in [-0.1, -0.05) is 6.92 Å². The van der Waals surface area contributed by atoms with E-state index >= 15 is 0 Å². The summed E-state index contributed by atoms with van der Waals surface area (Å²) in [4.78, 5) is 1.31. The Morgan fingerprint density at radius 1 is 1.45 bits per heavy atom. The molecule has 2 aromatic heterocycles. The Morgan fingerprint density at radius 3 is 2.90 bits per heavy atom. The van der Waals surface area contributed by atoms with Crippen molar-refractivity contribution in [1.29, 1.82) is 0 Å². The second-order valence-corrected chi connectivity index (χ2v) is 8.82. The largest absolute Gasteiger partial charge is 0.398 e. The van der Waals surface area contributed by atoms with Gasteiger partial charge in [-0.25, -0.2) is 8.42 Å². The molecule has 0 saturated carbocycles. The number of fused-ring (bicyclic) bond motifs is 1. The monoisotopic (exact) mass is 328 g/mol. The van der Waals surface area contributed by atoms with Crippen molar-refractivity contribution in [1.82, 2.24) is 4.31 Å². The minimum Gasteiger partial charge on any atom is -0.398 e. The van der Waals surface area contributed by atoms with Gasteiger partial charge in [0.2, 0.25) is 0 Å². The van der Waals surface area contributed by atoms with Crippen LogP contribution in [0.2, 0.25) is 0 Å². The maximum atomic E-state index is 12.8. The van der Waals surface area contributed by atoms with Crippen molar-refractivity contribution in [3.8, 4) is 0 Å². The zero-order valence-corrected chi connectivity index (χ0v) is 13.5. The van der Waals surface area contributed by atoms with Crippen molar-refractivity contribution in [2.24, 2.45) is 0 Å². The zero-order valence-electron chi connectivity index (χ0n) is 11.1. The number of nitrogens with two attached hydrogens (primary N) is 1. The van der Waals surface area contributed by atoms with Crippen LogP contribution in [-0.2, 0) is 16.4 Å². The first-order chi connectivity index (χ1) is 9.54. The van der Waals surface area contributed by atoms with E-state index in [1.807, 2.05) is 12.3 Å². The van der Waals surface area contributed by atoms with E-state index in [4.69, 9.17) is 5.73 Å². The van der Waals surface area contributed by atoms with Crippen LogP contribution in [-0.4, -0.2) is 19.3 Å². The predicted molar refractivity (Wildman–Crippen MR) is 83.7 cm³/mol. The average Bonchev–Trinajstić information content (AvgIpc) is 3.05. The van der Waals surface area contributed by atoms with Crippen molar-refractivity contribution in [3.05, 3.63) is 33.3 Å². The molecule has 0 aromatic carbocycles. The quantitative estimate of drug-likeness (QED) is 0.941. The molecule has 0 fully saturated rings. The maximum Gasteiger partial charge on any atom is 0.253 e. The first-order valence-electron chi connectivity index (χ1n) is 6.46. The third-order valence-electron chi connectivity index (χ3n) is 3.59. The van der Waals surface area contributed by atoms with Gasteiger partial charge in [0, 0.05) is 22.5 Å². The fourth-order valence-electron chi connectivity index (χ4n) is 2.67. The molecule has 4 nitrogen and oxygen atoms in total. The van der Waals surface area contributed by atoms with E-state index in [0.717, 1.165) is 18.4 Å². The summed E-state index contributed by atoms with van der Waals surface area (Å²) in [7, 11) is -3.45. The number of thiophene rings is 2. The number of hydrogen-bond acceptors (Lipinski definition) is 5. The van der Waals surface area contributed by atoms with Gasteiger partial charge < -0.3 is 5.73 Å². The Hall–Kier alpha value is -0.890. The molecular formula is C13H16N2O2S3. The Bertz CT molecular complexity index is 718. The van der Waals surface area contributed by atoms with Crippen LogP contribution in [0, 0.1) is 0 Å². The molecule has 20 heavy (non-hydrogen) atoms. The van der Waals surface area contributed by atoms with Crippen molar-refractivity contribution in [2.75, 3.05) is 12.3 Å². The van der Waals surface area contributed by atoms with Gasteiger partial charge in [-0.15, -0.1) is 22.7 Å². The molecule has 0 spiro atoms.